The molecular formula is C2H9ClOSi. The van der Waals surface area contributed by atoms with Crippen LogP contribution < -0.4 is 0 Å². The van der Waals surface area contributed by atoms with Crippen molar-refractivity contribution < 1.29 is 5.11 Å². The van der Waals surface area contributed by atoms with Crippen LogP contribution >= 0.6 is 11.1 Å². The minimum atomic E-state index is 0.250. The van der Waals surface area contributed by atoms with E-state index in [1.54, 1.807) is 6.92 Å². The molecule has 0 aliphatic carbocycles. The largest absolute Gasteiger partial charge is 0.397 e. The Morgan fingerprint density at radius 2 is 1.80 bits per heavy atom. The monoisotopic (exact) mass is 112 g/mol. The van der Waals surface area contributed by atoms with Gasteiger partial charge in [-0.2, -0.15) is 11.1 Å². The van der Waals surface area contributed by atoms with Gasteiger partial charge in [-0.1, -0.05) is 0 Å². The third-order valence-electron chi connectivity index (χ3n) is 0. The molecule has 0 heterocycles. The van der Waals surface area contributed by atoms with Crippen molar-refractivity contribution in [2.75, 3.05) is 6.61 Å². The van der Waals surface area contributed by atoms with Gasteiger partial charge >= 0.3 is 0 Å². The van der Waals surface area contributed by atoms with Gasteiger partial charge in [0.1, 0.15) is 9.55 Å². The van der Waals surface area contributed by atoms with Crippen LogP contribution in [-0.2, 0) is 0 Å². The molecule has 5 heavy (non-hydrogen) atoms. The predicted molar refractivity (Wildman–Crippen MR) is 28.6 cm³/mol. The minimum absolute atomic E-state index is 0.250. The number of halogens is 1. The van der Waals surface area contributed by atoms with E-state index in [-0.39, 0.29) is 6.61 Å². The van der Waals surface area contributed by atoms with Crippen LogP contribution in [0.25, 0.3) is 0 Å². The van der Waals surface area contributed by atoms with Crippen LogP contribution in [0, 0.1) is 0 Å². The van der Waals surface area contributed by atoms with Gasteiger partial charge in [0, 0.05) is 6.61 Å². The van der Waals surface area contributed by atoms with Crippen LogP contribution in [0.4, 0.5) is 0 Å². The summed E-state index contributed by atoms with van der Waals surface area (Å²) in [7, 11) is 0.778. The van der Waals surface area contributed by atoms with Crippen LogP contribution in [-0.4, -0.2) is 21.3 Å². The van der Waals surface area contributed by atoms with Crippen molar-refractivity contribution in [3.63, 3.8) is 0 Å². The number of rotatable bonds is 0. The Kier molecular flexibility index (Phi) is 45.3. The van der Waals surface area contributed by atoms with Crippen molar-refractivity contribution in [1.82, 2.24) is 0 Å². The topological polar surface area (TPSA) is 20.2 Å². The van der Waals surface area contributed by atoms with E-state index in [0.29, 0.717) is 0 Å². The highest BCUT2D eigenvalue weighted by Gasteiger charge is 1.34. The molecule has 0 unspecified atom stereocenters. The SMILES string of the molecule is CCO.[SiH3]Cl. The van der Waals surface area contributed by atoms with Gasteiger partial charge in [0.25, 0.3) is 0 Å². The van der Waals surface area contributed by atoms with Crippen molar-refractivity contribution in [1.29, 1.82) is 0 Å². The second-order valence-electron chi connectivity index (χ2n) is 0.316. The zero-order valence-corrected chi connectivity index (χ0v) is 6.29. The summed E-state index contributed by atoms with van der Waals surface area (Å²) in [4.78, 5) is 0. The van der Waals surface area contributed by atoms with E-state index < -0.39 is 0 Å². The maximum absolute atomic E-state index is 7.57. The van der Waals surface area contributed by atoms with E-state index in [2.05, 4.69) is 0 Å². The Hall–Kier alpha value is 0.467. The molecule has 0 atom stereocenters. The third kappa shape index (κ3) is 125. The van der Waals surface area contributed by atoms with Crippen LogP contribution in [0.15, 0.2) is 0 Å². The van der Waals surface area contributed by atoms with E-state index in [0.717, 1.165) is 9.55 Å². The highest BCUT2D eigenvalue weighted by Crippen LogP contribution is 1.30. The maximum Gasteiger partial charge on any atom is 0.109 e. The normalized spacial score (nSPS) is 5.40. The lowest BCUT2D eigenvalue weighted by atomic mass is 10.9. The summed E-state index contributed by atoms with van der Waals surface area (Å²) in [6.45, 7) is 1.93. The summed E-state index contributed by atoms with van der Waals surface area (Å²) in [6.07, 6.45) is 0. The highest BCUT2D eigenvalue weighted by molar-refractivity contribution is 6.80. The smallest absolute Gasteiger partial charge is 0.109 e. The van der Waals surface area contributed by atoms with Crippen LogP contribution in [0.2, 0.25) is 0 Å². The van der Waals surface area contributed by atoms with Gasteiger partial charge in [0.2, 0.25) is 0 Å². The molecule has 0 rings (SSSR count). The summed E-state index contributed by atoms with van der Waals surface area (Å²) in [6, 6.07) is 0. The van der Waals surface area contributed by atoms with Gasteiger partial charge in [-0.3, -0.25) is 0 Å². The van der Waals surface area contributed by atoms with E-state index in [1.165, 1.54) is 0 Å². The quantitative estimate of drug-likeness (QED) is 0.331. The van der Waals surface area contributed by atoms with Crippen LogP contribution in [0.3, 0.4) is 0 Å². The van der Waals surface area contributed by atoms with Crippen molar-refractivity contribution in [3.05, 3.63) is 0 Å². The summed E-state index contributed by atoms with van der Waals surface area (Å²) in [5.41, 5.74) is 0. The molecule has 0 aliphatic rings. The third-order valence-corrected chi connectivity index (χ3v) is 0. The first-order valence-electron chi connectivity index (χ1n) is 1.40. The van der Waals surface area contributed by atoms with Crippen molar-refractivity contribution in [2.24, 2.45) is 0 Å². The Morgan fingerprint density at radius 3 is 1.80 bits per heavy atom. The number of aliphatic hydroxyl groups excluding tert-OH is 1. The Bertz CT molecular complexity index is 9.61. The summed E-state index contributed by atoms with van der Waals surface area (Å²) in [5, 5.41) is 7.57. The first-order valence-corrected chi connectivity index (χ1v) is 4.43. The average Bonchev–Trinajstić information content (AvgIpc) is 1.46. The van der Waals surface area contributed by atoms with Crippen molar-refractivity contribution in [3.8, 4) is 0 Å². The van der Waals surface area contributed by atoms with Gasteiger partial charge in [-0.15, -0.1) is 0 Å². The molecular weight excluding hydrogens is 104 g/mol. The van der Waals surface area contributed by atoms with Gasteiger partial charge in [-0.05, 0) is 6.92 Å². The molecule has 0 aromatic heterocycles. The zero-order valence-electron chi connectivity index (χ0n) is 3.53. The molecule has 0 aliphatic heterocycles. The molecule has 1 N–H and O–H groups in total. The molecule has 3 heteroatoms. The molecule has 0 aromatic carbocycles. The Balaban J connectivity index is 0. The molecule has 0 aromatic rings. The van der Waals surface area contributed by atoms with Gasteiger partial charge in [-0.25, -0.2) is 0 Å². The zero-order chi connectivity index (χ0) is 4.71. The lowest BCUT2D eigenvalue weighted by Crippen LogP contribution is -1.57. The molecule has 0 bridgehead atoms. The molecule has 0 amide bonds. The fraction of sp³-hybridized carbons (Fsp3) is 1.00. The fourth-order valence-electron chi connectivity index (χ4n) is 0. The summed E-state index contributed by atoms with van der Waals surface area (Å²) >= 11 is 4.78. The lowest BCUT2D eigenvalue weighted by Gasteiger charge is -1.52. The van der Waals surface area contributed by atoms with Gasteiger partial charge in [0.15, 0.2) is 0 Å². The first-order chi connectivity index (χ1) is 2.41. The van der Waals surface area contributed by atoms with Crippen molar-refractivity contribution in [2.45, 2.75) is 6.92 Å². The Morgan fingerprint density at radius 1 is 1.80 bits per heavy atom. The van der Waals surface area contributed by atoms with E-state index in [1.807, 2.05) is 0 Å². The number of hydrogen-bond donors (Lipinski definition) is 1. The minimum Gasteiger partial charge on any atom is -0.397 e. The summed E-state index contributed by atoms with van der Waals surface area (Å²) < 4.78 is 0. The van der Waals surface area contributed by atoms with Crippen LogP contribution in [0.1, 0.15) is 6.92 Å². The van der Waals surface area contributed by atoms with E-state index in [9.17, 15) is 0 Å². The average molecular weight is 113 g/mol. The number of hydrogen-bond acceptors (Lipinski definition) is 1. The van der Waals surface area contributed by atoms with Crippen molar-refractivity contribution >= 4 is 20.6 Å². The van der Waals surface area contributed by atoms with Crippen LogP contribution in [0.5, 0.6) is 0 Å². The van der Waals surface area contributed by atoms with E-state index >= 15 is 0 Å². The van der Waals surface area contributed by atoms with E-state index in [4.69, 9.17) is 16.2 Å². The molecule has 0 radical (unpaired) electrons. The second kappa shape index (κ2) is 25.0. The molecule has 0 spiro atoms. The second-order valence-corrected chi connectivity index (χ2v) is 0.316. The first kappa shape index (κ1) is 9.08. The fourth-order valence-corrected chi connectivity index (χ4v) is 0. The molecule has 0 saturated carbocycles. The van der Waals surface area contributed by atoms with Gasteiger partial charge in [0.05, 0.1) is 0 Å². The molecule has 1 nitrogen and oxygen atoms in total. The molecule has 0 fully saturated rings. The predicted octanol–water partition coefficient (Wildman–Crippen LogP) is -0.496. The Labute approximate surface area is 40.1 Å². The molecule has 0 saturated heterocycles. The molecule has 34 valence electrons. The lowest BCUT2D eigenvalue weighted by molar-refractivity contribution is 0.318. The summed E-state index contributed by atoms with van der Waals surface area (Å²) in [5.74, 6) is 0. The standard InChI is InChI=1S/C2H6O.ClH3Si/c1-2-3;1-2/h3H,2H2,1H3;2H3. The maximum atomic E-state index is 7.57. The number of aliphatic hydroxyl groups is 1. The van der Waals surface area contributed by atoms with Gasteiger partial charge < -0.3 is 5.11 Å². The highest BCUT2D eigenvalue weighted by atomic mass is 35.6.